The fraction of sp³-hybridized carbons (Fsp3) is 0.267. The largest absolute Gasteiger partial charge is 0.495 e. The Morgan fingerprint density at radius 2 is 2.00 bits per heavy atom. The predicted octanol–water partition coefficient (Wildman–Crippen LogP) is 2.64. The smallest absolute Gasteiger partial charge is 0.434 e. The molecular weight excluding hydrogens is 441 g/mol. The molecule has 0 spiro atoms. The Balaban J connectivity index is 2.33. The lowest BCUT2D eigenvalue weighted by Crippen LogP contribution is -2.31. The van der Waals surface area contributed by atoms with Gasteiger partial charge in [0.15, 0.2) is 5.69 Å². The zero-order valence-electron chi connectivity index (χ0n) is 14.9. The van der Waals surface area contributed by atoms with Gasteiger partial charge in [-0.25, -0.2) is 23.2 Å². The van der Waals surface area contributed by atoms with E-state index < -0.39 is 39.4 Å². The maximum Gasteiger partial charge on any atom is 0.434 e. The summed E-state index contributed by atoms with van der Waals surface area (Å²) in [6.07, 6.45) is -4.44. The van der Waals surface area contributed by atoms with Crippen molar-refractivity contribution in [2.75, 3.05) is 19.1 Å². The maximum atomic E-state index is 13.2. The van der Waals surface area contributed by atoms with Crippen molar-refractivity contribution in [3.8, 4) is 5.75 Å². The van der Waals surface area contributed by atoms with Crippen molar-refractivity contribution in [2.24, 2.45) is 0 Å². The third-order valence-corrected chi connectivity index (χ3v) is 4.77. The lowest BCUT2D eigenvalue weighted by Gasteiger charge is -2.14. The number of hydrogen-bond acceptors (Lipinski definition) is 8. The molecule has 158 valence electrons. The number of sulfonamides is 1. The minimum absolute atomic E-state index is 0.0572. The highest BCUT2D eigenvalue weighted by Crippen LogP contribution is 2.31. The first kappa shape index (κ1) is 22.6. The Morgan fingerprint density at radius 3 is 2.59 bits per heavy atom. The summed E-state index contributed by atoms with van der Waals surface area (Å²) in [4.78, 5) is 19.8. The lowest BCUT2D eigenvalue weighted by atomic mass is 10.2. The zero-order valence-corrected chi connectivity index (χ0v) is 16.4. The number of nitrogens with one attached hydrogen (secondary N) is 2. The molecule has 1 aromatic heterocycles. The molecule has 0 aliphatic rings. The number of hydrazine groups is 1. The highest BCUT2D eigenvalue weighted by Gasteiger charge is 2.38. The molecule has 0 saturated heterocycles. The van der Waals surface area contributed by atoms with Gasteiger partial charge in [0.05, 0.1) is 13.7 Å². The standard InChI is InChI=1S/C15H14ClF3N4O5S/c1-3-28-13(24)9-7-20-14(21-12(9)15(17,18)19)22-23-29(25,26)11-6-8(16)4-5-10(11)27-2/h4-7,23H,3H2,1-2H3,(H,20,21,22). The van der Waals surface area contributed by atoms with Crippen molar-refractivity contribution in [1.29, 1.82) is 0 Å². The van der Waals surface area contributed by atoms with Crippen molar-refractivity contribution in [1.82, 2.24) is 14.8 Å². The van der Waals surface area contributed by atoms with E-state index in [0.29, 0.717) is 6.20 Å². The molecule has 0 aliphatic carbocycles. The zero-order chi connectivity index (χ0) is 21.8. The van der Waals surface area contributed by atoms with Crippen LogP contribution >= 0.6 is 11.6 Å². The number of carbonyl (C=O) groups excluding carboxylic acids is 1. The van der Waals surface area contributed by atoms with Crippen LogP contribution in [0.4, 0.5) is 19.1 Å². The highest BCUT2D eigenvalue weighted by molar-refractivity contribution is 7.89. The van der Waals surface area contributed by atoms with Gasteiger partial charge in [-0.2, -0.15) is 13.2 Å². The average molecular weight is 455 g/mol. The molecule has 0 saturated carbocycles. The Hall–Kier alpha value is -2.64. The number of carbonyl (C=O) groups is 1. The minimum Gasteiger partial charge on any atom is -0.495 e. The SMILES string of the molecule is CCOC(=O)c1cnc(NNS(=O)(=O)c2cc(Cl)ccc2OC)nc1C(F)(F)F. The van der Waals surface area contributed by atoms with Gasteiger partial charge >= 0.3 is 12.1 Å². The van der Waals surface area contributed by atoms with Gasteiger partial charge in [0.1, 0.15) is 16.2 Å². The number of rotatable bonds is 7. The van der Waals surface area contributed by atoms with Gasteiger partial charge in [0.2, 0.25) is 5.95 Å². The van der Waals surface area contributed by atoms with Crippen molar-refractivity contribution in [3.63, 3.8) is 0 Å². The maximum absolute atomic E-state index is 13.2. The molecule has 14 heteroatoms. The van der Waals surface area contributed by atoms with Gasteiger partial charge in [-0.05, 0) is 25.1 Å². The van der Waals surface area contributed by atoms with Crippen LogP contribution < -0.4 is 15.0 Å². The summed E-state index contributed by atoms with van der Waals surface area (Å²) in [5.41, 5.74) is -0.549. The van der Waals surface area contributed by atoms with Crippen LogP contribution in [0.25, 0.3) is 0 Å². The Kier molecular flexibility index (Phi) is 6.87. The van der Waals surface area contributed by atoms with Crippen LogP contribution in [0.5, 0.6) is 5.75 Å². The van der Waals surface area contributed by atoms with Crippen LogP contribution in [-0.2, 0) is 20.9 Å². The fourth-order valence-electron chi connectivity index (χ4n) is 2.04. The Labute approximate surface area is 168 Å². The number of alkyl halides is 3. The van der Waals surface area contributed by atoms with Crippen LogP contribution in [0.1, 0.15) is 23.0 Å². The van der Waals surface area contributed by atoms with E-state index in [1.54, 1.807) is 0 Å². The first-order valence-corrected chi connectivity index (χ1v) is 9.58. The normalized spacial score (nSPS) is 11.8. The summed E-state index contributed by atoms with van der Waals surface area (Å²) in [5, 5.41) is 0.0839. The van der Waals surface area contributed by atoms with Gasteiger partial charge in [-0.3, -0.25) is 5.43 Å². The number of methoxy groups -OCH3 is 1. The number of nitrogens with zero attached hydrogens (tertiary/aromatic N) is 2. The molecular formula is C15H14ClF3N4O5S. The number of ether oxygens (including phenoxy) is 2. The van der Waals surface area contributed by atoms with Crippen LogP contribution in [0.3, 0.4) is 0 Å². The second kappa shape index (κ2) is 8.80. The van der Waals surface area contributed by atoms with Gasteiger partial charge in [-0.15, -0.1) is 4.83 Å². The van der Waals surface area contributed by atoms with Crippen molar-refractivity contribution in [3.05, 3.63) is 40.7 Å². The number of benzene rings is 1. The molecule has 0 aliphatic heterocycles. The molecule has 1 heterocycles. The summed E-state index contributed by atoms with van der Waals surface area (Å²) in [5.74, 6) is -2.08. The fourth-order valence-corrected chi connectivity index (χ4v) is 3.32. The monoisotopic (exact) mass is 454 g/mol. The van der Waals surface area contributed by atoms with Crippen LogP contribution in [0.15, 0.2) is 29.3 Å². The van der Waals surface area contributed by atoms with Crippen molar-refractivity contribution in [2.45, 2.75) is 18.0 Å². The van der Waals surface area contributed by atoms with Crippen molar-refractivity contribution < 1.29 is 35.9 Å². The number of halogens is 4. The van der Waals surface area contributed by atoms with E-state index in [4.69, 9.17) is 16.3 Å². The first-order chi connectivity index (χ1) is 13.5. The molecule has 2 rings (SSSR count). The summed E-state index contributed by atoms with van der Waals surface area (Å²) >= 11 is 5.78. The van der Waals surface area contributed by atoms with E-state index in [1.165, 1.54) is 26.2 Å². The van der Waals surface area contributed by atoms with E-state index in [-0.39, 0.29) is 22.3 Å². The Morgan fingerprint density at radius 1 is 1.31 bits per heavy atom. The predicted molar refractivity (Wildman–Crippen MR) is 94.9 cm³/mol. The topological polar surface area (TPSA) is 120 Å². The molecule has 0 bridgehead atoms. The average Bonchev–Trinajstić information content (AvgIpc) is 2.65. The Bertz CT molecular complexity index is 1020. The summed E-state index contributed by atoms with van der Waals surface area (Å²) < 4.78 is 73.9. The number of esters is 1. The van der Waals surface area contributed by atoms with E-state index in [1.807, 2.05) is 10.3 Å². The second-order valence-electron chi connectivity index (χ2n) is 5.20. The molecule has 9 nitrogen and oxygen atoms in total. The molecule has 0 amide bonds. The minimum atomic E-state index is -5.02. The third kappa shape index (κ3) is 5.46. The number of anilines is 1. The number of aromatic nitrogens is 2. The van der Waals surface area contributed by atoms with Crippen LogP contribution in [-0.4, -0.2) is 38.1 Å². The van der Waals surface area contributed by atoms with Crippen molar-refractivity contribution >= 4 is 33.5 Å². The summed E-state index contributed by atoms with van der Waals surface area (Å²) in [6, 6.07) is 3.76. The highest BCUT2D eigenvalue weighted by atomic mass is 35.5. The summed E-state index contributed by atoms with van der Waals surface area (Å²) in [7, 11) is -3.11. The van der Waals surface area contributed by atoms with Gasteiger partial charge < -0.3 is 9.47 Å². The molecule has 1 aromatic carbocycles. The quantitative estimate of drug-likeness (QED) is 0.484. The first-order valence-electron chi connectivity index (χ1n) is 7.72. The number of hydrogen-bond donors (Lipinski definition) is 2. The van der Waals surface area contributed by atoms with Gasteiger partial charge in [0, 0.05) is 11.2 Å². The van der Waals surface area contributed by atoms with E-state index in [2.05, 4.69) is 14.7 Å². The molecule has 0 radical (unpaired) electrons. The molecule has 0 fully saturated rings. The molecule has 2 aromatic rings. The van der Waals surface area contributed by atoms with E-state index in [0.717, 1.165) is 6.07 Å². The van der Waals surface area contributed by atoms with E-state index >= 15 is 0 Å². The summed E-state index contributed by atoms with van der Waals surface area (Å²) in [6.45, 7) is 1.26. The molecule has 0 unspecified atom stereocenters. The molecule has 2 N–H and O–H groups in total. The van der Waals surface area contributed by atoms with Gasteiger partial charge in [0.25, 0.3) is 10.0 Å². The van der Waals surface area contributed by atoms with Crippen LogP contribution in [0, 0.1) is 0 Å². The molecule has 29 heavy (non-hydrogen) atoms. The lowest BCUT2D eigenvalue weighted by molar-refractivity contribution is -0.141. The second-order valence-corrected chi connectivity index (χ2v) is 7.29. The van der Waals surface area contributed by atoms with Crippen LogP contribution in [0.2, 0.25) is 5.02 Å². The van der Waals surface area contributed by atoms with E-state index in [9.17, 15) is 26.4 Å². The molecule has 0 atom stereocenters. The van der Waals surface area contributed by atoms with Gasteiger partial charge in [-0.1, -0.05) is 11.6 Å². The third-order valence-electron chi connectivity index (χ3n) is 3.27.